The molecule has 0 unspecified atom stereocenters. The molecule has 0 N–H and O–H groups in total. The van der Waals surface area contributed by atoms with Crippen LogP contribution in [0.25, 0.3) is 0 Å². The fraction of sp³-hybridized carbons (Fsp3) is 0.250. The third-order valence-electron chi connectivity index (χ3n) is 3.61. The molecule has 0 aliphatic rings. The first-order valence-electron chi connectivity index (χ1n) is 8.05. The normalized spacial score (nSPS) is 11.4. The molecular formula is C20H20O5. The molecule has 2 aromatic rings. The van der Waals surface area contributed by atoms with E-state index in [0.717, 1.165) is 0 Å². The molecule has 0 amide bonds. The van der Waals surface area contributed by atoms with Crippen molar-refractivity contribution in [3.8, 4) is 11.5 Å². The second kappa shape index (κ2) is 8.78. The number of benzene rings is 2. The highest BCUT2D eigenvalue weighted by molar-refractivity contribution is 6.06. The Morgan fingerprint density at radius 1 is 0.960 bits per heavy atom. The summed E-state index contributed by atoms with van der Waals surface area (Å²) in [6, 6.07) is 15.8. The zero-order valence-corrected chi connectivity index (χ0v) is 14.2. The van der Waals surface area contributed by atoms with Crippen LogP contribution in [0.1, 0.15) is 30.6 Å². The van der Waals surface area contributed by atoms with Crippen molar-refractivity contribution >= 4 is 17.5 Å². The molecule has 5 heteroatoms. The number of ketones is 2. The Bertz CT molecular complexity index is 752. The van der Waals surface area contributed by atoms with Crippen molar-refractivity contribution in [2.24, 2.45) is 5.92 Å². The van der Waals surface area contributed by atoms with E-state index < -0.39 is 17.7 Å². The van der Waals surface area contributed by atoms with Gasteiger partial charge < -0.3 is 9.47 Å². The number of ether oxygens (including phenoxy) is 2. The number of carbonyl (C=O) groups excluding carboxylic acids is 3. The average molecular weight is 340 g/mol. The number of esters is 1. The van der Waals surface area contributed by atoms with Crippen LogP contribution in [0.5, 0.6) is 11.5 Å². The van der Waals surface area contributed by atoms with E-state index in [1.807, 2.05) is 18.2 Å². The van der Waals surface area contributed by atoms with Gasteiger partial charge in [-0.3, -0.25) is 14.4 Å². The van der Waals surface area contributed by atoms with Crippen LogP contribution < -0.4 is 4.74 Å². The Morgan fingerprint density at radius 3 is 2.24 bits per heavy atom. The summed E-state index contributed by atoms with van der Waals surface area (Å²) in [6.45, 7) is 3.09. The predicted octanol–water partition coefficient (Wildman–Crippen LogP) is 3.82. The van der Waals surface area contributed by atoms with E-state index in [-0.39, 0.29) is 18.8 Å². The van der Waals surface area contributed by atoms with Crippen molar-refractivity contribution in [2.75, 3.05) is 6.61 Å². The molecule has 5 nitrogen and oxygen atoms in total. The Hall–Kier alpha value is -2.95. The Balaban J connectivity index is 2.21. The maximum absolute atomic E-state index is 12.6. The maximum atomic E-state index is 12.6. The lowest BCUT2D eigenvalue weighted by molar-refractivity contribution is -0.151. The molecule has 0 aliphatic carbocycles. The van der Waals surface area contributed by atoms with Gasteiger partial charge >= 0.3 is 5.97 Å². The van der Waals surface area contributed by atoms with Gasteiger partial charge in [0.05, 0.1) is 12.2 Å². The average Bonchev–Trinajstić information content (AvgIpc) is 2.60. The third-order valence-corrected chi connectivity index (χ3v) is 3.61. The van der Waals surface area contributed by atoms with Gasteiger partial charge in [0, 0.05) is 6.42 Å². The molecule has 0 spiro atoms. The lowest BCUT2D eigenvalue weighted by Crippen LogP contribution is -2.27. The standard InChI is InChI=1S/C20H20O5/c1-3-24-20(23)17(14(2)21)13-18(22)16-11-7-8-12-19(16)25-15-9-5-4-6-10-15/h4-12,17H,3,13H2,1-2H3/t17-/m0/s1. The number of hydrogen-bond donors (Lipinski definition) is 0. The second-order valence-electron chi connectivity index (χ2n) is 5.45. The van der Waals surface area contributed by atoms with E-state index in [1.54, 1.807) is 43.3 Å². The topological polar surface area (TPSA) is 69.7 Å². The smallest absolute Gasteiger partial charge is 0.316 e. The molecule has 2 aromatic carbocycles. The Labute approximate surface area is 146 Å². The summed E-state index contributed by atoms with van der Waals surface area (Å²) >= 11 is 0. The summed E-state index contributed by atoms with van der Waals surface area (Å²) < 4.78 is 10.6. The summed E-state index contributed by atoms with van der Waals surface area (Å²) in [5.41, 5.74) is 0.321. The number of Topliss-reactive ketones (excluding diaryl/α,β-unsaturated/α-hetero) is 2. The van der Waals surface area contributed by atoms with Crippen LogP contribution in [0.3, 0.4) is 0 Å². The van der Waals surface area contributed by atoms with Crippen LogP contribution in [-0.2, 0) is 14.3 Å². The zero-order chi connectivity index (χ0) is 18.2. The third kappa shape index (κ3) is 5.01. The van der Waals surface area contributed by atoms with E-state index in [1.165, 1.54) is 6.92 Å². The number of rotatable bonds is 8. The maximum Gasteiger partial charge on any atom is 0.316 e. The van der Waals surface area contributed by atoms with Gasteiger partial charge in [0.1, 0.15) is 23.2 Å². The summed E-state index contributed by atoms with van der Waals surface area (Å²) in [4.78, 5) is 36.3. The molecule has 0 aliphatic heterocycles. The predicted molar refractivity (Wildman–Crippen MR) is 92.7 cm³/mol. The van der Waals surface area contributed by atoms with Crippen LogP contribution in [0.4, 0.5) is 0 Å². The van der Waals surface area contributed by atoms with Gasteiger partial charge in [-0.2, -0.15) is 0 Å². The highest BCUT2D eigenvalue weighted by atomic mass is 16.5. The van der Waals surface area contributed by atoms with Gasteiger partial charge in [-0.1, -0.05) is 30.3 Å². The fourth-order valence-electron chi connectivity index (χ4n) is 2.33. The molecule has 1 atom stereocenters. The molecule has 25 heavy (non-hydrogen) atoms. The van der Waals surface area contributed by atoms with Crippen molar-refractivity contribution in [1.82, 2.24) is 0 Å². The van der Waals surface area contributed by atoms with Crippen molar-refractivity contribution in [3.63, 3.8) is 0 Å². The lowest BCUT2D eigenvalue weighted by atomic mass is 9.95. The first-order chi connectivity index (χ1) is 12.0. The van der Waals surface area contributed by atoms with Crippen LogP contribution >= 0.6 is 0 Å². The zero-order valence-electron chi connectivity index (χ0n) is 14.2. The quantitative estimate of drug-likeness (QED) is 0.415. The number of carbonyl (C=O) groups is 3. The van der Waals surface area contributed by atoms with E-state index in [2.05, 4.69) is 0 Å². The van der Waals surface area contributed by atoms with Gasteiger partial charge in [-0.15, -0.1) is 0 Å². The molecule has 0 radical (unpaired) electrons. The first-order valence-corrected chi connectivity index (χ1v) is 8.05. The van der Waals surface area contributed by atoms with Gasteiger partial charge in [0.2, 0.25) is 0 Å². The van der Waals surface area contributed by atoms with Gasteiger partial charge in [0.15, 0.2) is 5.78 Å². The van der Waals surface area contributed by atoms with Crippen LogP contribution in [0, 0.1) is 5.92 Å². The molecule has 130 valence electrons. The number of para-hydroxylation sites is 2. The molecule has 0 fully saturated rings. The van der Waals surface area contributed by atoms with Crippen molar-refractivity contribution < 1.29 is 23.9 Å². The monoisotopic (exact) mass is 340 g/mol. The molecule has 0 saturated carbocycles. The largest absolute Gasteiger partial charge is 0.465 e. The summed E-state index contributed by atoms with van der Waals surface area (Å²) in [6.07, 6.45) is -0.247. The Kier molecular flexibility index (Phi) is 6.46. The van der Waals surface area contributed by atoms with Crippen LogP contribution in [0.2, 0.25) is 0 Å². The Morgan fingerprint density at radius 2 is 1.60 bits per heavy atom. The summed E-state index contributed by atoms with van der Waals surface area (Å²) in [5, 5.41) is 0. The molecule has 2 rings (SSSR count). The highest BCUT2D eigenvalue weighted by Crippen LogP contribution is 2.27. The lowest BCUT2D eigenvalue weighted by Gasteiger charge is -2.14. The fourth-order valence-corrected chi connectivity index (χ4v) is 2.33. The van der Waals surface area contributed by atoms with Gasteiger partial charge in [-0.05, 0) is 38.1 Å². The van der Waals surface area contributed by atoms with E-state index in [0.29, 0.717) is 17.1 Å². The van der Waals surface area contributed by atoms with Crippen molar-refractivity contribution in [2.45, 2.75) is 20.3 Å². The van der Waals surface area contributed by atoms with Crippen molar-refractivity contribution in [3.05, 3.63) is 60.2 Å². The van der Waals surface area contributed by atoms with Gasteiger partial charge in [-0.25, -0.2) is 0 Å². The molecule has 0 aromatic heterocycles. The molecular weight excluding hydrogens is 320 g/mol. The van der Waals surface area contributed by atoms with E-state index >= 15 is 0 Å². The minimum absolute atomic E-state index is 0.157. The van der Waals surface area contributed by atoms with Crippen LogP contribution in [-0.4, -0.2) is 24.1 Å². The summed E-state index contributed by atoms with van der Waals surface area (Å²) in [5.74, 6) is -1.55. The molecule has 0 saturated heterocycles. The van der Waals surface area contributed by atoms with E-state index in [4.69, 9.17) is 9.47 Å². The van der Waals surface area contributed by atoms with Gasteiger partial charge in [0.25, 0.3) is 0 Å². The number of hydrogen-bond acceptors (Lipinski definition) is 5. The summed E-state index contributed by atoms with van der Waals surface area (Å²) in [7, 11) is 0. The minimum atomic E-state index is -1.10. The first kappa shape index (κ1) is 18.4. The SMILES string of the molecule is CCOC(=O)[C@@H](CC(=O)c1ccccc1Oc1ccccc1)C(C)=O. The van der Waals surface area contributed by atoms with E-state index in [9.17, 15) is 14.4 Å². The second-order valence-corrected chi connectivity index (χ2v) is 5.45. The van der Waals surface area contributed by atoms with Crippen LogP contribution in [0.15, 0.2) is 54.6 Å². The minimum Gasteiger partial charge on any atom is -0.465 e. The highest BCUT2D eigenvalue weighted by Gasteiger charge is 2.29. The molecule has 0 bridgehead atoms. The molecule has 0 heterocycles. The van der Waals surface area contributed by atoms with Crippen molar-refractivity contribution in [1.29, 1.82) is 0 Å².